The standard InChI is InChI=1S/C68H121NO8/c1-6-8-10-12-14-16-18-20-22-24-26-28-30-32-33-35-36-38-40-42-44-46-48-50-52-54-56-58-65(70)75-62-64(63-76-68(67(72)73)74-61-60-69(3,4)5)77-66(71)59-57-55-53-51-49-47-45-43-41-39-37-34-31-29-27-25-23-21-19-17-15-13-11-9-7-2/h9,11,15,17,21,23-24,26-27,29,34,37,64,68H,6-8,10,12-14,16,18-20,22,25,28,30-33,35-36,38-63H2,1-5H3/p+1/b11-9-,17-15-,23-21-,26-24-,29-27-,37-34-. The lowest BCUT2D eigenvalue weighted by molar-refractivity contribution is -0.870. The fourth-order valence-corrected chi connectivity index (χ4v) is 9.04. The SMILES string of the molecule is CC/C=C\C/C=C\C/C=C\C/C=C\C/C=C\CCCCCCCCCCCC(=O)OC(COC(=O)CCCCCCCCCCCCCCCCC/C=C\CCCCCCCCCC)COC(OCC[N+](C)(C)C)C(=O)O. The third kappa shape index (κ3) is 60.2. The molecule has 1 N–H and O–H groups in total. The normalized spacial score (nSPS) is 13.2. The number of unbranched alkanes of at least 4 members (excludes halogenated alkanes) is 32. The minimum absolute atomic E-state index is 0.185. The summed E-state index contributed by atoms with van der Waals surface area (Å²) in [7, 11) is 5.97. The van der Waals surface area contributed by atoms with Gasteiger partial charge in [0.25, 0.3) is 6.29 Å². The molecule has 9 nitrogen and oxygen atoms in total. The lowest BCUT2D eigenvalue weighted by Gasteiger charge is -2.25. The molecule has 0 saturated carbocycles. The van der Waals surface area contributed by atoms with E-state index >= 15 is 0 Å². The average molecular weight is 1080 g/mol. The molecule has 77 heavy (non-hydrogen) atoms. The molecule has 0 aliphatic rings. The summed E-state index contributed by atoms with van der Waals surface area (Å²) < 4.78 is 22.9. The Labute approximate surface area is 475 Å². The van der Waals surface area contributed by atoms with Crippen LogP contribution in [0.2, 0.25) is 0 Å². The Balaban J connectivity index is 4.18. The highest BCUT2D eigenvalue weighted by molar-refractivity contribution is 5.71. The summed E-state index contributed by atoms with van der Waals surface area (Å²) in [4.78, 5) is 37.5. The van der Waals surface area contributed by atoms with Gasteiger partial charge in [0.1, 0.15) is 13.2 Å². The smallest absolute Gasteiger partial charge is 0.361 e. The topological polar surface area (TPSA) is 108 Å². The van der Waals surface area contributed by atoms with Gasteiger partial charge in [0.05, 0.1) is 34.4 Å². The van der Waals surface area contributed by atoms with Crippen molar-refractivity contribution in [1.29, 1.82) is 0 Å². The lowest BCUT2D eigenvalue weighted by Crippen LogP contribution is -2.40. The highest BCUT2D eigenvalue weighted by atomic mass is 16.7. The summed E-state index contributed by atoms with van der Waals surface area (Å²) in [6, 6.07) is 0. The molecule has 0 aromatic heterocycles. The maximum atomic E-state index is 12.9. The molecular formula is C68H122NO8+. The molecule has 0 rings (SSSR count). The average Bonchev–Trinajstić information content (AvgIpc) is 3.40. The zero-order valence-corrected chi connectivity index (χ0v) is 50.9. The Morgan fingerprint density at radius 2 is 0.740 bits per heavy atom. The van der Waals surface area contributed by atoms with Crippen LogP contribution in [0.15, 0.2) is 72.9 Å². The van der Waals surface area contributed by atoms with Crippen molar-refractivity contribution in [3.63, 3.8) is 0 Å². The molecule has 0 radical (unpaired) electrons. The van der Waals surface area contributed by atoms with Crippen molar-refractivity contribution in [2.45, 2.75) is 296 Å². The van der Waals surface area contributed by atoms with E-state index in [2.05, 4.69) is 86.8 Å². The van der Waals surface area contributed by atoms with Crippen molar-refractivity contribution in [1.82, 2.24) is 0 Å². The van der Waals surface area contributed by atoms with Crippen molar-refractivity contribution in [2.24, 2.45) is 0 Å². The number of carboxylic acid groups (broad SMARTS) is 1. The largest absolute Gasteiger partial charge is 0.477 e. The van der Waals surface area contributed by atoms with Crippen molar-refractivity contribution in [3.05, 3.63) is 72.9 Å². The minimum Gasteiger partial charge on any atom is -0.477 e. The van der Waals surface area contributed by atoms with Crippen LogP contribution in [0.25, 0.3) is 0 Å². The third-order valence-corrected chi connectivity index (χ3v) is 13.9. The molecule has 0 aliphatic carbocycles. The number of hydrogen-bond donors (Lipinski definition) is 1. The number of carboxylic acids is 1. The molecule has 0 fully saturated rings. The fourth-order valence-electron chi connectivity index (χ4n) is 9.04. The van der Waals surface area contributed by atoms with Crippen LogP contribution >= 0.6 is 0 Å². The quantitative estimate of drug-likeness (QED) is 0.0211. The van der Waals surface area contributed by atoms with E-state index < -0.39 is 24.3 Å². The molecule has 0 saturated heterocycles. The zero-order chi connectivity index (χ0) is 56.2. The van der Waals surface area contributed by atoms with E-state index in [1.807, 2.05) is 21.1 Å². The number of aliphatic carboxylic acids is 1. The van der Waals surface area contributed by atoms with Crippen LogP contribution in [-0.4, -0.2) is 87.4 Å². The second-order valence-electron chi connectivity index (χ2n) is 22.7. The summed E-state index contributed by atoms with van der Waals surface area (Å²) >= 11 is 0. The van der Waals surface area contributed by atoms with E-state index in [9.17, 15) is 19.5 Å². The Bertz CT molecular complexity index is 1490. The van der Waals surface area contributed by atoms with E-state index in [-0.39, 0.29) is 32.2 Å². The molecule has 446 valence electrons. The Kier molecular flexibility index (Phi) is 56.4. The molecule has 2 atom stereocenters. The van der Waals surface area contributed by atoms with Gasteiger partial charge in [-0.15, -0.1) is 0 Å². The molecule has 0 amide bonds. The van der Waals surface area contributed by atoms with Gasteiger partial charge >= 0.3 is 17.9 Å². The second-order valence-corrected chi connectivity index (χ2v) is 22.7. The van der Waals surface area contributed by atoms with Crippen molar-refractivity contribution in [2.75, 3.05) is 47.5 Å². The van der Waals surface area contributed by atoms with Crippen LogP contribution in [0.1, 0.15) is 284 Å². The molecule has 0 heterocycles. The van der Waals surface area contributed by atoms with E-state index in [0.29, 0.717) is 23.9 Å². The number of quaternary nitrogens is 1. The fraction of sp³-hybridized carbons (Fsp3) is 0.779. The lowest BCUT2D eigenvalue weighted by atomic mass is 10.0. The number of likely N-dealkylation sites (N-methyl/N-ethyl adjacent to an activating group) is 1. The van der Waals surface area contributed by atoms with Crippen LogP contribution in [-0.2, 0) is 33.3 Å². The first-order valence-electron chi connectivity index (χ1n) is 32.1. The summed E-state index contributed by atoms with van der Waals surface area (Å²) in [5, 5.41) is 9.73. The van der Waals surface area contributed by atoms with Gasteiger partial charge in [-0.05, 0) is 83.5 Å². The second kappa shape index (κ2) is 58.9. The first kappa shape index (κ1) is 73.7. The molecular weight excluding hydrogens is 959 g/mol. The van der Waals surface area contributed by atoms with Gasteiger partial charge < -0.3 is 28.5 Å². The molecule has 9 heteroatoms. The first-order chi connectivity index (χ1) is 37.6. The number of esters is 2. The van der Waals surface area contributed by atoms with Crippen molar-refractivity contribution in [3.8, 4) is 0 Å². The van der Waals surface area contributed by atoms with Crippen molar-refractivity contribution >= 4 is 17.9 Å². The molecule has 0 bridgehead atoms. The summed E-state index contributed by atoms with van der Waals surface area (Å²) in [5.41, 5.74) is 0. The van der Waals surface area contributed by atoms with Crippen LogP contribution in [0.3, 0.4) is 0 Å². The van der Waals surface area contributed by atoms with Gasteiger partial charge in [0.15, 0.2) is 6.10 Å². The maximum Gasteiger partial charge on any atom is 0.361 e. The summed E-state index contributed by atoms with van der Waals surface area (Å²) in [6.07, 6.45) is 74.2. The van der Waals surface area contributed by atoms with Crippen LogP contribution < -0.4 is 0 Å². The van der Waals surface area contributed by atoms with Crippen LogP contribution in [0, 0.1) is 0 Å². The number of rotatable bonds is 59. The maximum absolute atomic E-state index is 12.9. The number of ether oxygens (including phenoxy) is 4. The molecule has 0 spiro atoms. The van der Waals surface area contributed by atoms with Crippen LogP contribution in [0.5, 0.6) is 0 Å². The van der Waals surface area contributed by atoms with E-state index in [1.165, 1.54) is 173 Å². The first-order valence-corrected chi connectivity index (χ1v) is 32.1. The van der Waals surface area contributed by atoms with E-state index in [1.54, 1.807) is 0 Å². The highest BCUT2D eigenvalue weighted by Gasteiger charge is 2.25. The van der Waals surface area contributed by atoms with Gasteiger partial charge in [0, 0.05) is 12.8 Å². The molecule has 2 unspecified atom stereocenters. The van der Waals surface area contributed by atoms with E-state index in [4.69, 9.17) is 18.9 Å². The highest BCUT2D eigenvalue weighted by Crippen LogP contribution is 2.17. The number of hydrogen-bond acceptors (Lipinski definition) is 7. The number of nitrogens with zero attached hydrogens (tertiary/aromatic N) is 1. The number of carbonyl (C=O) groups is 3. The Morgan fingerprint density at radius 1 is 0.403 bits per heavy atom. The van der Waals surface area contributed by atoms with Gasteiger partial charge in [0.2, 0.25) is 0 Å². The van der Waals surface area contributed by atoms with Gasteiger partial charge in [-0.3, -0.25) is 9.59 Å². The van der Waals surface area contributed by atoms with Gasteiger partial charge in [-0.2, -0.15) is 0 Å². The van der Waals surface area contributed by atoms with Gasteiger partial charge in [-0.1, -0.05) is 260 Å². The minimum atomic E-state index is -1.51. The molecule has 0 aromatic carbocycles. The number of allylic oxidation sites excluding steroid dienone is 12. The number of carbonyl (C=O) groups excluding carboxylic acids is 2. The summed E-state index contributed by atoms with van der Waals surface area (Å²) in [5.74, 6) is -2.00. The third-order valence-electron chi connectivity index (χ3n) is 13.9. The van der Waals surface area contributed by atoms with E-state index in [0.717, 1.165) is 77.0 Å². The van der Waals surface area contributed by atoms with Gasteiger partial charge in [-0.25, -0.2) is 4.79 Å². The zero-order valence-electron chi connectivity index (χ0n) is 50.9. The monoisotopic (exact) mass is 1080 g/mol. The summed E-state index contributed by atoms with van der Waals surface area (Å²) in [6.45, 7) is 4.79. The Morgan fingerprint density at radius 3 is 1.12 bits per heavy atom. The predicted molar refractivity (Wildman–Crippen MR) is 327 cm³/mol. The van der Waals surface area contributed by atoms with Crippen LogP contribution in [0.4, 0.5) is 0 Å². The van der Waals surface area contributed by atoms with Crippen molar-refractivity contribution < 1.29 is 42.9 Å². The molecule has 0 aliphatic heterocycles. The molecule has 0 aromatic rings. The Hall–Kier alpha value is -3.27. The predicted octanol–water partition coefficient (Wildman–Crippen LogP) is 19.4.